The van der Waals surface area contributed by atoms with Crippen molar-refractivity contribution in [3.8, 4) is 0 Å². The van der Waals surface area contributed by atoms with Crippen molar-refractivity contribution in [1.82, 2.24) is 0 Å². The highest BCUT2D eigenvalue weighted by atomic mass is 16.1. The maximum absolute atomic E-state index is 10.2. The fourth-order valence-corrected chi connectivity index (χ4v) is 3.19. The van der Waals surface area contributed by atoms with Crippen molar-refractivity contribution in [2.45, 2.75) is 96.8 Å². The van der Waals surface area contributed by atoms with Crippen LogP contribution in [-0.2, 0) is 4.79 Å². The van der Waals surface area contributed by atoms with E-state index in [4.69, 9.17) is 0 Å². The SMILES string of the molecule is CCCCCCCCC1CC1CCCCCCC=O. The third kappa shape index (κ3) is 9.24. The van der Waals surface area contributed by atoms with Gasteiger partial charge < -0.3 is 4.79 Å². The molecule has 1 nitrogen and oxygen atoms in total. The number of carbonyl (C=O) groups excluding carboxylic acids is 1. The topological polar surface area (TPSA) is 17.1 Å². The van der Waals surface area contributed by atoms with E-state index in [0.29, 0.717) is 0 Å². The lowest BCUT2D eigenvalue weighted by Crippen LogP contribution is -1.87. The first-order valence-electron chi connectivity index (χ1n) is 8.82. The Hall–Kier alpha value is -0.330. The average molecular weight is 266 g/mol. The zero-order valence-corrected chi connectivity index (χ0v) is 13.0. The van der Waals surface area contributed by atoms with Crippen LogP contribution in [0.1, 0.15) is 96.8 Å². The minimum absolute atomic E-state index is 0.768. The van der Waals surface area contributed by atoms with Gasteiger partial charge in [0, 0.05) is 6.42 Å². The molecule has 1 heteroatoms. The van der Waals surface area contributed by atoms with Crippen molar-refractivity contribution in [3.63, 3.8) is 0 Å². The molecule has 0 amide bonds. The molecular formula is C18H34O. The maximum atomic E-state index is 10.2. The Labute approximate surface area is 120 Å². The van der Waals surface area contributed by atoms with Crippen LogP contribution in [0.25, 0.3) is 0 Å². The van der Waals surface area contributed by atoms with Gasteiger partial charge in [-0.25, -0.2) is 0 Å². The Bertz CT molecular complexity index is 212. The van der Waals surface area contributed by atoms with Gasteiger partial charge in [0.25, 0.3) is 0 Å². The number of hydrogen-bond acceptors (Lipinski definition) is 1. The van der Waals surface area contributed by atoms with Gasteiger partial charge in [-0.1, -0.05) is 77.6 Å². The summed E-state index contributed by atoms with van der Waals surface area (Å²) >= 11 is 0. The van der Waals surface area contributed by atoms with Crippen molar-refractivity contribution in [2.24, 2.45) is 11.8 Å². The summed E-state index contributed by atoms with van der Waals surface area (Å²) in [4.78, 5) is 10.2. The van der Waals surface area contributed by atoms with Crippen LogP contribution < -0.4 is 0 Å². The molecule has 0 aromatic carbocycles. The molecule has 0 heterocycles. The van der Waals surface area contributed by atoms with Gasteiger partial charge in [-0.3, -0.25) is 0 Å². The standard InChI is InChI=1S/C18H34O/c1-2-3-4-5-7-10-13-17-16-18(17)14-11-8-6-9-12-15-19/h15,17-18H,2-14,16H2,1H3. The van der Waals surface area contributed by atoms with Crippen LogP contribution in [0.3, 0.4) is 0 Å². The zero-order chi connectivity index (χ0) is 13.8. The number of carbonyl (C=O) groups is 1. The van der Waals surface area contributed by atoms with Crippen LogP contribution >= 0.6 is 0 Å². The van der Waals surface area contributed by atoms with E-state index in [1.807, 2.05) is 0 Å². The van der Waals surface area contributed by atoms with E-state index in [9.17, 15) is 4.79 Å². The minimum Gasteiger partial charge on any atom is -0.303 e. The van der Waals surface area contributed by atoms with Crippen LogP contribution in [0.5, 0.6) is 0 Å². The molecule has 1 rings (SSSR count). The second-order valence-electron chi connectivity index (χ2n) is 6.47. The van der Waals surface area contributed by atoms with Crippen molar-refractivity contribution < 1.29 is 4.79 Å². The highest BCUT2D eigenvalue weighted by Crippen LogP contribution is 2.45. The second-order valence-corrected chi connectivity index (χ2v) is 6.47. The molecule has 1 fully saturated rings. The first-order valence-corrected chi connectivity index (χ1v) is 8.82. The lowest BCUT2D eigenvalue weighted by atomic mass is 10.0. The van der Waals surface area contributed by atoms with Crippen molar-refractivity contribution >= 4 is 6.29 Å². The van der Waals surface area contributed by atoms with Gasteiger partial charge in [0.15, 0.2) is 0 Å². The summed E-state index contributed by atoms with van der Waals surface area (Å²) in [7, 11) is 0. The van der Waals surface area contributed by atoms with E-state index in [2.05, 4.69) is 6.92 Å². The molecule has 0 saturated heterocycles. The molecule has 0 aromatic heterocycles. The largest absolute Gasteiger partial charge is 0.303 e. The average Bonchev–Trinajstić information content (AvgIpc) is 3.16. The van der Waals surface area contributed by atoms with E-state index in [-0.39, 0.29) is 0 Å². The van der Waals surface area contributed by atoms with Gasteiger partial charge in [0.1, 0.15) is 6.29 Å². The third-order valence-corrected chi connectivity index (χ3v) is 4.64. The molecule has 0 aromatic rings. The highest BCUT2D eigenvalue weighted by Gasteiger charge is 2.34. The third-order valence-electron chi connectivity index (χ3n) is 4.64. The number of unbranched alkanes of at least 4 members (excludes halogenated alkanes) is 9. The predicted molar refractivity (Wildman–Crippen MR) is 83.4 cm³/mol. The normalized spacial score (nSPS) is 21.5. The van der Waals surface area contributed by atoms with E-state index >= 15 is 0 Å². The molecule has 2 atom stereocenters. The minimum atomic E-state index is 0.768. The van der Waals surface area contributed by atoms with Gasteiger partial charge in [-0.05, 0) is 24.7 Å². The molecule has 19 heavy (non-hydrogen) atoms. The molecule has 1 aliphatic carbocycles. The van der Waals surface area contributed by atoms with Gasteiger partial charge in [-0.15, -0.1) is 0 Å². The van der Waals surface area contributed by atoms with E-state index in [1.54, 1.807) is 0 Å². The van der Waals surface area contributed by atoms with Crippen LogP contribution in [0.4, 0.5) is 0 Å². The lowest BCUT2D eigenvalue weighted by molar-refractivity contribution is -0.107. The van der Waals surface area contributed by atoms with Crippen molar-refractivity contribution in [3.05, 3.63) is 0 Å². The fraction of sp³-hybridized carbons (Fsp3) is 0.944. The lowest BCUT2D eigenvalue weighted by Gasteiger charge is -2.02. The van der Waals surface area contributed by atoms with Gasteiger partial charge in [0.05, 0.1) is 0 Å². The Morgan fingerprint density at radius 1 is 0.789 bits per heavy atom. The van der Waals surface area contributed by atoms with E-state index in [0.717, 1.165) is 31.0 Å². The van der Waals surface area contributed by atoms with Crippen LogP contribution in [0.15, 0.2) is 0 Å². The summed E-state index contributed by atoms with van der Waals surface area (Å²) in [6.07, 6.45) is 20.0. The number of rotatable bonds is 14. The molecule has 2 unspecified atom stereocenters. The first kappa shape index (κ1) is 16.7. The van der Waals surface area contributed by atoms with Crippen LogP contribution in [0.2, 0.25) is 0 Å². The van der Waals surface area contributed by atoms with Crippen LogP contribution in [-0.4, -0.2) is 6.29 Å². The Balaban J connectivity index is 1.77. The van der Waals surface area contributed by atoms with Crippen molar-refractivity contribution in [1.29, 1.82) is 0 Å². The van der Waals surface area contributed by atoms with Crippen molar-refractivity contribution in [2.75, 3.05) is 0 Å². The first-order chi connectivity index (χ1) is 9.38. The molecule has 0 N–H and O–H groups in total. The van der Waals surface area contributed by atoms with Gasteiger partial charge in [0.2, 0.25) is 0 Å². The van der Waals surface area contributed by atoms with Gasteiger partial charge in [-0.2, -0.15) is 0 Å². The number of hydrogen-bond donors (Lipinski definition) is 0. The fourth-order valence-electron chi connectivity index (χ4n) is 3.19. The summed E-state index contributed by atoms with van der Waals surface area (Å²) in [5.74, 6) is 2.16. The second kappa shape index (κ2) is 11.5. The van der Waals surface area contributed by atoms with E-state index in [1.165, 1.54) is 77.0 Å². The summed E-state index contributed by atoms with van der Waals surface area (Å²) in [5.41, 5.74) is 0. The highest BCUT2D eigenvalue weighted by molar-refractivity contribution is 5.48. The molecule has 0 bridgehead atoms. The Morgan fingerprint density at radius 3 is 1.89 bits per heavy atom. The summed E-state index contributed by atoms with van der Waals surface area (Å²) in [6, 6.07) is 0. The predicted octanol–water partition coefficient (Wildman–Crippen LogP) is 5.91. The molecule has 112 valence electrons. The van der Waals surface area contributed by atoms with Crippen LogP contribution in [0, 0.1) is 11.8 Å². The summed E-state index contributed by atoms with van der Waals surface area (Å²) in [6.45, 7) is 2.29. The summed E-state index contributed by atoms with van der Waals surface area (Å²) in [5, 5.41) is 0. The maximum Gasteiger partial charge on any atom is 0.119 e. The molecule has 0 aliphatic heterocycles. The Kier molecular flexibility index (Phi) is 10.1. The molecular weight excluding hydrogens is 232 g/mol. The molecule has 0 spiro atoms. The summed E-state index contributed by atoms with van der Waals surface area (Å²) < 4.78 is 0. The Morgan fingerprint density at radius 2 is 1.32 bits per heavy atom. The number of aldehydes is 1. The molecule has 1 saturated carbocycles. The smallest absolute Gasteiger partial charge is 0.119 e. The zero-order valence-electron chi connectivity index (χ0n) is 13.0. The van der Waals surface area contributed by atoms with Gasteiger partial charge >= 0.3 is 0 Å². The quantitative estimate of drug-likeness (QED) is 0.282. The molecule has 0 radical (unpaired) electrons. The molecule has 1 aliphatic rings. The monoisotopic (exact) mass is 266 g/mol. The van der Waals surface area contributed by atoms with E-state index < -0.39 is 0 Å².